The molecule has 6 nitrogen and oxygen atoms in total. The number of nitrogens with zero attached hydrogens (tertiary/aromatic N) is 1. The van der Waals surface area contributed by atoms with Crippen molar-refractivity contribution in [1.29, 1.82) is 0 Å². The molecule has 26 heavy (non-hydrogen) atoms. The highest BCUT2D eigenvalue weighted by molar-refractivity contribution is 5.96. The average molecular weight is 351 g/mol. The van der Waals surface area contributed by atoms with Gasteiger partial charge in [-0.25, -0.2) is 0 Å². The van der Waals surface area contributed by atoms with Crippen LogP contribution in [0, 0.1) is 20.8 Å². The third-order valence-corrected chi connectivity index (χ3v) is 4.32. The van der Waals surface area contributed by atoms with Crippen molar-refractivity contribution in [3.63, 3.8) is 0 Å². The van der Waals surface area contributed by atoms with Crippen LogP contribution in [0.4, 0.5) is 11.4 Å². The summed E-state index contributed by atoms with van der Waals surface area (Å²) in [7, 11) is 0. The van der Waals surface area contributed by atoms with Crippen LogP contribution in [-0.2, 0) is 16.0 Å². The number of hydrogen-bond donors (Lipinski definition) is 2. The number of rotatable bonds is 4. The van der Waals surface area contributed by atoms with Gasteiger partial charge in [0.25, 0.3) is 0 Å². The Bertz CT molecular complexity index is 1000. The number of amides is 2. The van der Waals surface area contributed by atoms with Crippen LogP contribution in [0.3, 0.4) is 0 Å². The Hall–Kier alpha value is -3.15. The lowest BCUT2D eigenvalue weighted by molar-refractivity contribution is -0.116. The van der Waals surface area contributed by atoms with Gasteiger partial charge < -0.3 is 15.2 Å². The van der Waals surface area contributed by atoms with Gasteiger partial charge in [-0.15, -0.1) is 0 Å². The number of anilines is 2. The van der Waals surface area contributed by atoms with E-state index in [2.05, 4.69) is 15.8 Å². The Kier molecular flexibility index (Phi) is 4.75. The molecular formula is C20H21N3O3. The fourth-order valence-electron chi connectivity index (χ4n) is 2.76. The molecule has 3 aromatic rings. The lowest BCUT2D eigenvalue weighted by Crippen LogP contribution is -2.16. The minimum Gasteiger partial charge on any atom is -0.356 e. The van der Waals surface area contributed by atoms with E-state index in [9.17, 15) is 9.59 Å². The number of nitrogens with one attached hydrogen (secondary N) is 2. The van der Waals surface area contributed by atoms with Gasteiger partial charge in [0.05, 0.1) is 6.42 Å². The summed E-state index contributed by atoms with van der Waals surface area (Å²) >= 11 is 0. The molecule has 1 heterocycles. The molecule has 6 heteroatoms. The molecular weight excluding hydrogens is 330 g/mol. The molecule has 2 N–H and O–H groups in total. The minimum atomic E-state index is -0.193. The summed E-state index contributed by atoms with van der Waals surface area (Å²) in [6.07, 6.45) is 0.110. The first-order chi connectivity index (χ1) is 12.3. The van der Waals surface area contributed by atoms with Gasteiger partial charge in [-0.3, -0.25) is 9.59 Å². The molecule has 2 aromatic carbocycles. The second kappa shape index (κ2) is 7.00. The maximum atomic E-state index is 12.5. The number of carbonyl (C=O) groups excluding carboxylic acids is 2. The first-order valence-electron chi connectivity index (χ1n) is 8.37. The highest BCUT2D eigenvalue weighted by Gasteiger charge is 2.14. The summed E-state index contributed by atoms with van der Waals surface area (Å²) in [4.78, 5) is 23.7. The van der Waals surface area contributed by atoms with E-state index < -0.39 is 0 Å². The number of carbonyl (C=O) groups is 2. The SMILES string of the molecule is CC(=O)Nc1ccc(C)c(NC(=O)Cc2noc3cc(C)c(C)cc23)c1. The van der Waals surface area contributed by atoms with Gasteiger partial charge in [0.1, 0.15) is 5.69 Å². The maximum Gasteiger partial charge on any atom is 0.230 e. The smallest absolute Gasteiger partial charge is 0.230 e. The predicted octanol–water partition coefficient (Wildman–Crippen LogP) is 3.89. The van der Waals surface area contributed by atoms with Crippen LogP contribution in [0.2, 0.25) is 0 Å². The van der Waals surface area contributed by atoms with Crippen molar-refractivity contribution in [2.24, 2.45) is 0 Å². The van der Waals surface area contributed by atoms with Gasteiger partial charge in [0.15, 0.2) is 5.58 Å². The largest absolute Gasteiger partial charge is 0.356 e. The lowest BCUT2D eigenvalue weighted by Gasteiger charge is -2.10. The van der Waals surface area contributed by atoms with Crippen LogP contribution in [0.25, 0.3) is 11.0 Å². The number of hydrogen-bond acceptors (Lipinski definition) is 4. The van der Waals surface area contributed by atoms with Gasteiger partial charge >= 0.3 is 0 Å². The molecule has 0 saturated heterocycles. The molecule has 0 aliphatic carbocycles. The van der Waals surface area contributed by atoms with Crippen molar-refractivity contribution >= 4 is 34.2 Å². The topological polar surface area (TPSA) is 84.2 Å². The van der Waals surface area contributed by atoms with Gasteiger partial charge in [-0.2, -0.15) is 0 Å². The van der Waals surface area contributed by atoms with E-state index in [-0.39, 0.29) is 18.2 Å². The number of aryl methyl sites for hydroxylation is 3. The number of fused-ring (bicyclic) bond motifs is 1. The Morgan fingerprint density at radius 3 is 2.46 bits per heavy atom. The molecule has 134 valence electrons. The van der Waals surface area contributed by atoms with E-state index in [1.165, 1.54) is 6.92 Å². The predicted molar refractivity (Wildman–Crippen MR) is 101 cm³/mol. The standard InChI is InChI=1S/C20H21N3O3/c1-11-5-6-15(21-14(4)24)9-17(11)22-20(25)10-18-16-7-12(2)13(3)8-19(16)26-23-18/h5-9H,10H2,1-4H3,(H,21,24)(H,22,25). The Balaban J connectivity index is 1.79. The fraction of sp³-hybridized carbons (Fsp3) is 0.250. The Morgan fingerprint density at radius 1 is 1.00 bits per heavy atom. The van der Waals surface area contributed by atoms with Gasteiger partial charge in [0.2, 0.25) is 11.8 Å². The highest BCUT2D eigenvalue weighted by atomic mass is 16.5. The minimum absolute atomic E-state index is 0.110. The van der Waals surface area contributed by atoms with E-state index in [0.29, 0.717) is 22.7 Å². The molecule has 0 spiro atoms. The summed E-state index contributed by atoms with van der Waals surface area (Å²) in [6, 6.07) is 9.30. The van der Waals surface area contributed by atoms with Crippen LogP contribution in [0.1, 0.15) is 29.3 Å². The van der Waals surface area contributed by atoms with Crippen molar-refractivity contribution in [2.45, 2.75) is 34.1 Å². The van der Waals surface area contributed by atoms with Crippen LogP contribution >= 0.6 is 0 Å². The summed E-state index contributed by atoms with van der Waals surface area (Å²) in [6.45, 7) is 7.36. The number of benzene rings is 2. The average Bonchev–Trinajstić information content (AvgIpc) is 2.92. The molecule has 3 rings (SSSR count). The van der Waals surface area contributed by atoms with Gasteiger partial charge in [-0.1, -0.05) is 11.2 Å². The summed E-state index contributed by atoms with van der Waals surface area (Å²) < 4.78 is 5.35. The number of aromatic nitrogens is 1. The normalized spacial score (nSPS) is 10.8. The molecule has 2 amide bonds. The molecule has 1 aromatic heterocycles. The van der Waals surface area contributed by atoms with Crippen molar-refractivity contribution in [3.05, 3.63) is 52.7 Å². The van der Waals surface area contributed by atoms with E-state index in [1.54, 1.807) is 12.1 Å². The summed E-state index contributed by atoms with van der Waals surface area (Å²) in [5.41, 5.74) is 5.73. The van der Waals surface area contributed by atoms with Gasteiger partial charge in [-0.05, 0) is 61.7 Å². The van der Waals surface area contributed by atoms with Crippen LogP contribution in [0.5, 0.6) is 0 Å². The monoisotopic (exact) mass is 351 g/mol. The summed E-state index contributed by atoms with van der Waals surface area (Å²) in [5, 5.41) is 10.5. The zero-order valence-corrected chi connectivity index (χ0v) is 15.3. The van der Waals surface area contributed by atoms with Crippen LogP contribution in [-0.4, -0.2) is 17.0 Å². The third-order valence-electron chi connectivity index (χ3n) is 4.32. The third kappa shape index (κ3) is 3.74. The fourth-order valence-corrected chi connectivity index (χ4v) is 2.76. The molecule has 0 radical (unpaired) electrons. The lowest BCUT2D eigenvalue weighted by atomic mass is 10.1. The molecule has 0 aliphatic rings. The second-order valence-corrected chi connectivity index (χ2v) is 6.50. The molecule has 0 fully saturated rings. The van der Waals surface area contributed by atoms with E-state index >= 15 is 0 Å². The quantitative estimate of drug-likeness (QED) is 0.747. The first-order valence-corrected chi connectivity index (χ1v) is 8.37. The van der Waals surface area contributed by atoms with Crippen molar-refractivity contribution in [1.82, 2.24) is 5.16 Å². The van der Waals surface area contributed by atoms with Crippen molar-refractivity contribution in [2.75, 3.05) is 10.6 Å². The van der Waals surface area contributed by atoms with Crippen LogP contribution in [0.15, 0.2) is 34.9 Å². The van der Waals surface area contributed by atoms with E-state index in [1.807, 2.05) is 39.0 Å². The van der Waals surface area contributed by atoms with Crippen molar-refractivity contribution < 1.29 is 14.1 Å². The first kappa shape index (κ1) is 17.7. The Labute approximate surface area is 151 Å². The van der Waals surface area contributed by atoms with Gasteiger partial charge in [0, 0.05) is 23.7 Å². The molecule has 0 unspecified atom stereocenters. The molecule has 0 atom stereocenters. The van der Waals surface area contributed by atoms with Crippen molar-refractivity contribution in [3.8, 4) is 0 Å². The maximum absolute atomic E-state index is 12.5. The van der Waals surface area contributed by atoms with Crippen LogP contribution < -0.4 is 10.6 Å². The highest BCUT2D eigenvalue weighted by Crippen LogP contribution is 2.24. The Morgan fingerprint density at radius 2 is 1.73 bits per heavy atom. The zero-order chi connectivity index (χ0) is 18.8. The molecule has 0 aliphatic heterocycles. The zero-order valence-electron chi connectivity index (χ0n) is 15.3. The molecule has 0 saturated carbocycles. The summed E-state index contributed by atoms with van der Waals surface area (Å²) in [5.74, 6) is -0.354. The van der Waals surface area contributed by atoms with E-state index in [4.69, 9.17) is 4.52 Å². The second-order valence-electron chi connectivity index (χ2n) is 6.50. The molecule has 0 bridgehead atoms. The van der Waals surface area contributed by atoms with E-state index in [0.717, 1.165) is 22.1 Å².